The Labute approximate surface area is 194 Å². The predicted molar refractivity (Wildman–Crippen MR) is 124 cm³/mol. The number of rotatable bonds is 7. The normalized spacial score (nSPS) is 14.0. The number of benzene rings is 2. The summed E-state index contributed by atoms with van der Waals surface area (Å²) in [7, 11) is 1.70. The average molecular weight is 457 g/mol. The fourth-order valence-electron chi connectivity index (χ4n) is 3.77. The van der Waals surface area contributed by atoms with Crippen molar-refractivity contribution in [1.29, 1.82) is 0 Å². The van der Waals surface area contributed by atoms with Gasteiger partial charge >= 0.3 is 11.9 Å². The summed E-state index contributed by atoms with van der Waals surface area (Å²) in [4.78, 5) is 35.6. The maximum Gasteiger partial charge on any atom is 0.414 e. The lowest BCUT2D eigenvalue weighted by Gasteiger charge is -2.34. The van der Waals surface area contributed by atoms with E-state index in [4.69, 9.17) is 24.5 Å². The number of methoxy groups -OCH3 is 1. The highest BCUT2D eigenvalue weighted by Crippen LogP contribution is 2.23. The number of likely N-dealkylation sites (tertiary alicyclic amines) is 1. The lowest BCUT2D eigenvalue weighted by atomic mass is 9.94. The van der Waals surface area contributed by atoms with E-state index in [1.165, 1.54) is 11.1 Å². The number of carboxylic acids is 2. The second-order valence-electron chi connectivity index (χ2n) is 7.85. The molecule has 178 valence electrons. The van der Waals surface area contributed by atoms with E-state index in [-0.39, 0.29) is 5.92 Å². The van der Waals surface area contributed by atoms with E-state index in [1.807, 2.05) is 35.2 Å². The molecule has 0 saturated carbocycles. The van der Waals surface area contributed by atoms with Crippen molar-refractivity contribution in [3.8, 4) is 5.75 Å². The smallest absolute Gasteiger partial charge is 0.414 e. The van der Waals surface area contributed by atoms with Crippen LogP contribution in [0.4, 0.5) is 0 Å². The molecule has 0 radical (unpaired) electrons. The second-order valence-corrected chi connectivity index (χ2v) is 7.85. The summed E-state index contributed by atoms with van der Waals surface area (Å²) in [6, 6.07) is 18.5. The van der Waals surface area contributed by atoms with Gasteiger partial charge in [-0.05, 0) is 56.1 Å². The highest BCUT2D eigenvalue weighted by atomic mass is 16.5. The monoisotopic (exact) mass is 456 g/mol. The lowest BCUT2D eigenvalue weighted by molar-refractivity contribution is -0.159. The van der Waals surface area contributed by atoms with E-state index >= 15 is 0 Å². The van der Waals surface area contributed by atoms with E-state index in [0.29, 0.717) is 12.5 Å². The maximum absolute atomic E-state index is 13.0. The van der Waals surface area contributed by atoms with Crippen LogP contribution in [-0.2, 0) is 27.5 Å². The number of aliphatic carboxylic acids is 2. The molecule has 8 heteroatoms. The van der Waals surface area contributed by atoms with E-state index in [2.05, 4.69) is 36.1 Å². The number of carboxylic acid groups (broad SMARTS) is 2. The third-order valence-electron chi connectivity index (χ3n) is 5.57. The zero-order valence-corrected chi connectivity index (χ0v) is 19.1. The van der Waals surface area contributed by atoms with Gasteiger partial charge in [0.2, 0.25) is 5.91 Å². The standard InChI is InChI=1S/C23H30N2O2.C2H2O4/c1-3-25(18-19-8-5-4-6-9-19)23(26)21-12-14-24(15-13-21)17-20-10-7-11-22(16-20)27-2;3-1(4)2(5)6/h4-11,16,21H,3,12-15,17-18H2,1-2H3;(H,3,4)(H,5,6). The molecule has 2 aromatic carbocycles. The molecule has 2 N–H and O–H groups in total. The minimum Gasteiger partial charge on any atom is -0.497 e. The first kappa shape index (κ1) is 25.9. The third kappa shape index (κ3) is 8.57. The molecule has 1 aliphatic heterocycles. The molecule has 0 unspecified atom stereocenters. The van der Waals surface area contributed by atoms with Crippen LogP contribution in [0.5, 0.6) is 5.75 Å². The van der Waals surface area contributed by atoms with E-state index in [9.17, 15) is 4.79 Å². The van der Waals surface area contributed by atoms with Crippen LogP contribution in [0.2, 0.25) is 0 Å². The van der Waals surface area contributed by atoms with Gasteiger partial charge in [0, 0.05) is 25.6 Å². The Morgan fingerprint density at radius 3 is 2.12 bits per heavy atom. The Hall–Kier alpha value is -3.39. The number of piperidine rings is 1. The molecule has 1 amide bonds. The van der Waals surface area contributed by atoms with Gasteiger partial charge in [0.05, 0.1) is 7.11 Å². The topological polar surface area (TPSA) is 107 Å². The van der Waals surface area contributed by atoms with E-state index in [0.717, 1.165) is 44.8 Å². The molecular formula is C25H32N2O6. The number of ether oxygens (including phenoxy) is 1. The minimum absolute atomic E-state index is 0.148. The Kier molecular flexibility index (Phi) is 10.4. The molecule has 3 rings (SSSR count). The minimum atomic E-state index is -1.82. The van der Waals surface area contributed by atoms with Gasteiger partial charge in [-0.15, -0.1) is 0 Å². The molecule has 0 bridgehead atoms. The van der Waals surface area contributed by atoms with Crippen molar-refractivity contribution in [2.45, 2.75) is 32.9 Å². The van der Waals surface area contributed by atoms with Crippen molar-refractivity contribution in [3.63, 3.8) is 0 Å². The number of hydrogen-bond donors (Lipinski definition) is 2. The lowest BCUT2D eigenvalue weighted by Crippen LogP contribution is -2.42. The first-order chi connectivity index (χ1) is 15.8. The molecule has 2 aromatic rings. The van der Waals surface area contributed by atoms with Crippen molar-refractivity contribution >= 4 is 17.8 Å². The Morgan fingerprint density at radius 1 is 0.970 bits per heavy atom. The molecule has 1 saturated heterocycles. The molecule has 0 atom stereocenters. The molecular weight excluding hydrogens is 424 g/mol. The third-order valence-corrected chi connectivity index (χ3v) is 5.57. The van der Waals surface area contributed by atoms with Crippen molar-refractivity contribution in [2.24, 2.45) is 5.92 Å². The molecule has 1 fully saturated rings. The summed E-state index contributed by atoms with van der Waals surface area (Å²) in [5, 5.41) is 14.8. The van der Waals surface area contributed by atoms with Crippen LogP contribution in [0.3, 0.4) is 0 Å². The predicted octanol–water partition coefficient (Wildman–Crippen LogP) is 3.11. The van der Waals surface area contributed by atoms with E-state index < -0.39 is 11.9 Å². The summed E-state index contributed by atoms with van der Waals surface area (Å²) in [5.74, 6) is -2.29. The van der Waals surface area contributed by atoms with Gasteiger partial charge in [0.15, 0.2) is 0 Å². The zero-order valence-electron chi connectivity index (χ0n) is 19.1. The van der Waals surface area contributed by atoms with Gasteiger partial charge in [-0.1, -0.05) is 42.5 Å². The van der Waals surface area contributed by atoms with Crippen LogP contribution in [0.25, 0.3) is 0 Å². The highest BCUT2D eigenvalue weighted by molar-refractivity contribution is 6.27. The van der Waals surface area contributed by atoms with Crippen molar-refractivity contribution < 1.29 is 29.3 Å². The van der Waals surface area contributed by atoms with Gasteiger partial charge in [-0.2, -0.15) is 0 Å². The number of nitrogens with zero attached hydrogens (tertiary/aromatic N) is 2. The van der Waals surface area contributed by atoms with Crippen LogP contribution in [0, 0.1) is 5.92 Å². The van der Waals surface area contributed by atoms with Crippen LogP contribution in [-0.4, -0.2) is 64.6 Å². The number of amides is 1. The van der Waals surface area contributed by atoms with Gasteiger partial charge in [-0.25, -0.2) is 9.59 Å². The maximum atomic E-state index is 13.0. The van der Waals surface area contributed by atoms with Gasteiger partial charge < -0.3 is 19.8 Å². The molecule has 0 spiro atoms. The molecule has 1 aliphatic rings. The first-order valence-electron chi connectivity index (χ1n) is 11.0. The van der Waals surface area contributed by atoms with Crippen LogP contribution >= 0.6 is 0 Å². The fraction of sp³-hybridized carbons (Fsp3) is 0.400. The van der Waals surface area contributed by atoms with Crippen molar-refractivity contribution in [2.75, 3.05) is 26.7 Å². The van der Waals surface area contributed by atoms with Crippen LogP contribution in [0.1, 0.15) is 30.9 Å². The molecule has 1 heterocycles. The number of carbonyl (C=O) groups excluding carboxylic acids is 1. The first-order valence-corrected chi connectivity index (χ1v) is 11.0. The molecule has 0 aromatic heterocycles. The Morgan fingerprint density at radius 2 is 1.58 bits per heavy atom. The summed E-state index contributed by atoms with van der Waals surface area (Å²) in [5.41, 5.74) is 2.46. The average Bonchev–Trinajstić information content (AvgIpc) is 2.83. The fourth-order valence-corrected chi connectivity index (χ4v) is 3.77. The molecule has 0 aliphatic carbocycles. The van der Waals surface area contributed by atoms with Gasteiger partial charge in [0.1, 0.15) is 5.75 Å². The second kappa shape index (κ2) is 13.2. The molecule has 33 heavy (non-hydrogen) atoms. The molecule has 8 nitrogen and oxygen atoms in total. The van der Waals surface area contributed by atoms with Gasteiger partial charge in [-0.3, -0.25) is 9.69 Å². The van der Waals surface area contributed by atoms with Crippen LogP contribution in [0.15, 0.2) is 54.6 Å². The van der Waals surface area contributed by atoms with Crippen LogP contribution < -0.4 is 4.74 Å². The van der Waals surface area contributed by atoms with Gasteiger partial charge in [0.25, 0.3) is 0 Å². The SMILES string of the molecule is CCN(Cc1ccccc1)C(=O)C1CCN(Cc2cccc(OC)c2)CC1.O=C(O)C(=O)O. The van der Waals surface area contributed by atoms with E-state index in [1.54, 1.807) is 7.11 Å². The largest absolute Gasteiger partial charge is 0.497 e. The summed E-state index contributed by atoms with van der Waals surface area (Å²) < 4.78 is 5.31. The summed E-state index contributed by atoms with van der Waals surface area (Å²) >= 11 is 0. The number of carbonyl (C=O) groups is 3. The Balaban J connectivity index is 0.000000569. The number of hydrogen-bond acceptors (Lipinski definition) is 5. The van der Waals surface area contributed by atoms with Crippen molar-refractivity contribution in [3.05, 3.63) is 65.7 Å². The quantitative estimate of drug-likeness (QED) is 0.617. The summed E-state index contributed by atoms with van der Waals surface area (Å²) in [6.07, 6.45) is 1.88. The highest BCUT2D eigenvalue weighted by Gasteiger charge is 2.28. The zero-order chi connectivity index (χ0) is 24.2. The Bertz CT molecular complexity index is 898. The van der Waals surface area contributed by atoms with Crippen molar-refractivity contribution in [1.82, 2.24) is 9.80 Å². The summed E-state index contributed by atoms with van der Waals surface area (Å²) in [6.45, 7) is 6.39.